The molecule has 1 aliphatic rings. The van der Waals surface area contributed by atoms with E-state index in [1.807, 2.05) is 37.3 Å². The van der Waals surface area contributed by atoms with E-state index in [-0.39, 0.29) is 0 Å². The maximum absolute atomic E-state index is 9.17. The van der Waals surface area contributed by atoms with E-state index in [1.165, 1.54) is 0 Å². The van der Waals surface area contributed by atoms with Crippen LogP contribution in [0.2, 0.25) is 0 Å². The van der Waals surface area contributed by atoms with Crippen molar-refractivity contribution in [3.8, 4) is 17.7 Å². The normalized spacial score (nSPS) is 13.4. The van der Waals surface area contributed by atoms with Gasteiger partial charge in [0.1, 0.15) is 11.5 Å². The summed E-state index contributed by atoms with van der Waals surface area (Å²) in [6.45, 7) is 3.52. The fraction of sp³-hybridized carbons (Fsp3) is 0.211. The van der Waals surface area contributed by atoms with Gasteiger partial charge in [0.05, 0.1) is 23.9 Å². The summed E-state index contributed by atoms with van der Waals surface area (Å²) in [4.78, 5) is 11.1. The summed E-state index contributed by atoms with van der Waals surface area (Å²) in [5.74, 6) is 1.45. The third kappa shape index (κ3) is 2.63. The van der Waals surface area contributed by atoms with Crippen LogP contribution in [0.15, 0.2) is 47.0 Å². The van der Waals surface area contributed by atoms with E-state index < -0.39 is 0 Å². The van der Waals surface area contributed by atoms with Gasteiger partial charge in [-0.2, -0.15) is 5.26 Å². The van der Waals surface area contributed by atoms with Gasteiger partial charge < -0.3 is 9.32 Å². The summed E-state index contributed by atoms with van der Waals surface area (Å²) < 4.78 is 5.95. The van der Waals surface area contributed by atoms with Crippen LogP contribution in [0.25, 0.3) is 11.6 Å². The fourth-order valence-corrected chi connectivity index (χ4v) is 3.02. The Morgan fingerprint density at radius 2 is 2.17 bits per heavy atom. The van der Waals surface area contributed by atoms with E-state index in [0.717, 1.165) is 41.4 Å². The van der Waals surface area contributed by atoms with Crippen LogP contribution in [-0.2, 0) is 13.0 Å². The second-order valence-corrected chi connectivity index (χ2v) is 5.94. The molecule has 0 unspecified atom stereocenters. The van der Waals surface area contributed by atoms with Gasteiger partial charge in [0.15, 0.2) is 0 Å². The van der Waals surface area contributed by atoms with Gasteiger partial charge in [-0.1, -0.05) is 6.07 Å². The molecule has 1 aromatic carbocycles. The molecule has 3 heterocycles. The monoisotopic (exact) mass is 316 g/mol. The third-order valence-electron chi connectivity index (χ3n) is 4.17. The first-order chi connectivity index (χ1) is 11.7. The number of pyridine rings is 1. The zero-order valence-electron chi connectivity index (χ0n) is 13.4. The highest BCUT2D eigenvalue weighted by Crippen LogP contribution is 2.29. The molecule has 0 saturated heterocycles. The molecule has 118 valence electrons. The lowest BCUT2D eigenvalue weighted by atomic mass is 10.1. The molecule has 1 aliphatic heterocycles. The first-order valence-electron chi connectivity index (χ1n) is 7.89. The Balaban J connectivity index is 1.64. The number of hydrogen-bond acceptors (Lipinski definition) is 5. The number of aryl methyl sites for hydroxylation is 1. The van der Waals surface area contributed by atoms with Crippen LogP contribution in [0.5, 0.6) is 0 Å². The second-order valence-electron chi connectivity index (χ2n) is 5.94. The van der Waals surface area contributed by atoms with Gasteiger partial charge in [0.2, 0.25) is 5.89 Å². The molecule has 0 saturated carbocycles. The van der Waals surface area contributed by atoms with Gasteiger partial charge in [-0.3, -0.25) is 4.98 Å². The minimum atomic E-state index is 0.574. The van der Waals surface area contributed by atoms with Crippen molar-refractivity contribution in [3.05, 3.63) is 65.2 Å². The lowest BCUT2D eigenvalue weighted by molar-refractivity contribution is 0.494. The van der Waals surface area contributed by atoms with Crippen LogP contribution in [0.3, 0.4) is 0 Å². The van der Waals surface area contributed by atoms with Gasteiger partial charge in [-0.15, -0.1) is 0 Å². The van der Waals surface area contributed by atoms with Crippen molar-refractivity contribution in [2.24, 2.45) is 0 Å². The van der Waals surface area contributed by atoms with Crippen molar-refractivity contribution in [1.29, 1.82) is 5.26 Å². The number of rotatable bonds is 2. The molecule has 0 N–H and O–H groups in total. The quantitative estimate of drug-likeness (QED) is 0.724. The molecule has 24 heavy (non-hydrogen) atoms. The number of fused-ring (bicyclic) bond motifs is 1. The molecule has 0 amide bonds. The van der Waals surface area contributed by atoms with Gasteiger partial charge in [-0.25, -0.2) is 4.98 Å². The van der Waals surface area contributed by atoms with Gasteiger partial charge in [0.25, 0.3) is 0 Å². The highest BCUT2D eigenvalue weighted by atomic mass is 16.4. The van der Waals surface area contributed by atoms with Crippen molar-refractivity contribution < 1.29 is 4.42 Å². The molecule has 2 aromatic heterocycles. The molecule has 0 atom stereocenters. The van der Waals surface area contributed by atoms with Gasteiger partial charge >= 0.3 is 0 Å². The lowest BCUT2D eigenvalue weighted by Crippen LogP contribution is -2.30. The molecular weight excluding hydrogens is 300 g/mol. The zero-order valence-corrected chi connectivity index (χ0v) is 13.4. The SMILES string of the molecule is Cc1cc(C#N)cc(N2CCc3nc(-c4ccccn4)oc3C2)c1. The fourth-order valence-electron chi connectivity index (χ4n) is 3.02. The number of anilines is 1. The van der Waals surface area contributed by atoms with Crippen molar-refractivity contribution in [2.75, 3.05) is 11.4 Å². The van der Waals surface area contributed by atoms with E-state index in [9.17, 15) is 0 Å². The van der Waals surface area contributed by atoms with Crippen LogP contribution < -0.4 is 4.90 Å². The van der Waals surface area contributed by atoms with Crippen LogP contribution in [0.4, 0.5) is 5.69 Å². The summed E-state index contributed by atoms with van der Waals surface area (Å²) >= 11 is 0. The molecule has 0 bridgehead atoms. The predicted octanol–water partition coefficient (Wildman–Crippen LogP) is 3.48. The van der Waals surface area contributed by atoms with E-state index in [4.69, 9.17) is 9.68 Å². The number of nitrogens with zero attached hydrogens (tertiary/aromatic N) is 4. The van der Waals surface area contributed by atoms with Crippen molar-refractivity contribution in [2.45, 2.75) is 19.9 Å². The average molecular weight is 316 g/mol. The maximum atomic E-state index is 9.17. The summed E-state index contributed by atoms with van der Waals surface area (Å²) in [6.07, 6.45) is 2.56. The largest absolute Gasteiger partial charge is 0.438 e. The molecular formula is C19H16N4O. The van der Waals surface area contributed by atoms with E-state index in [2.05, 4.69) is 27.0 Å². The second kappa shape index (κ2) is 5.82. The van der Waals surface area contributed by atoms with Gasteiger partial charge in [0, 0.05) is 24.8 Å². The lowest BCUT2D eigenvalue weighted by Gasteiger charge is -2.27. The van der Waals surface area contributed by atoms with Gasteiger partial charge in [-0.05, 0) is 42.8 Å². The standard InChI is InChI=1S/C19H16N4O/c1-13-8-14(11-20)10-15(9-13)23-7-5-16-18(12-23)24-19(22-16)17-4-2-3-6-21-17/h2-4,6,8-10H,5,7,12H2,1H3. The summed E-state index contributed by atoms with van der Waals surface area (Å²) in [6, 6.07) is 13.8. The number of hydrogen-bond donors (Lipinski definition) is 0. The van der Waals surface area contributed by atoms with Crippen molar-refractivity contribution in [3.63, 3.8) is 0 Å². The third-order valence-corrected chi connectivity index (χ3v) is 4.17. The first kappa shape index (κ1) is 14.5. The number of nitriles is 1. The molecule has 0 fully saturated rings. The Morgan fingerprint density at radius 1 is 1.25 bits per heavy atom. The predicted molar refractivity (Wildman–Crippen MR) is 90.4 cm³/mol. The summed E-state index contributed by atoms with van der Waals surface area (Å²) in [5.41, 5.74) is 4.57. The number of benzene rings is 1. The Hall–Kier alpha value is -3.13. The Bertz CT molecular complexity index is 924. The average Bonchev–Trinajstić information content (AvgIpc) is 3.05. The molecule has 0 aliphatic carbocycles. The zero-order chi connectivity index (χ0) is 16.5. The minimum absolute atomic E-state index is 0.574. The van der Waals surface area contributed by atoms with E-state index in [0.29, 0.717) is 18.0 Å². The molecule has 5 nitrogen and oxygen atoms in total. The van der Waals surface area contributed by atoms with Crippen LogP contribution in [-0.4, -0.2) is 16.5 Å². The van der Waals surface area contributed by atoms with E-state index >= 15 is 0 Å². The highest BCUT2D eigenvalue weighted by Gasteiger charge is 2.23. The maximum Gasteiger partial charge on any atom is 0.245 e. The van der Waals surface area contributed by atoms with Crippen LogP contribution >= 0.6 is 0 Å². The van der Waals surface area contributed by atoms with Crippen molar-refractivity contribution in [1.82, 2.24) is 9.97 Å². The summed E-state index contributed by atoms with van der Waals surface area (Å²) in [5, 5.41) is 9.17. The topological polar surface area (TPSA) is 66.0 Å². The number of aromatic nitrogens is 2. The Morgan fingerprint density at radius 3 is 2.96 bits per heavy atom. The molecule has 0 radical (unpaired) electrons. The molecule has 5 heteroatoms. The smallest absolute Gasteiger partial charge is 0.245 e. The molecule has 0 spiro atoms. The Kier molecular flexibility index (Phi) is 3.51. The molecule has 4 rings (SSSR count). The van der Waals surface area contributed by atoms with Crippen LogP contribution in [0.1, 0.15) is 22.6 Å². The summed E-state index contributed by atoms with van der Waals surface area (Å²) in [7, 11) is 0. The van der Waals surface area contributed by atoms with Crippen molar-refractivity contribution >= 4 is 5.69 Å². The van der Waals surface area contributed by atoms with E-state index in [1.54, 1.807) is 6.20 Å². The van der Waals surface area contributed by atoms with Crippen LogP contribution in [0, 0.1) is 18.3 Å². The first-order valence-corrected chi connectivity index (χ1v) is 7.89. The Labute approximate surface area is 140 Å². The highest BCUT2D eigenvalue weighted by molar-refractivity contribution is 5.55. The minimum Gasteiger partial charge on any atom is -0.438 e. The molecule has 3 aromatic rings. The number of oxazole rings is 1.